The van der Waals surface area contributed by atoms with E-state index in [9.17, 15) is 21.5 Å². The molecule has 1 atom stereocenters. The van der Waals surface area contributed by atoms with Gasteiger partial charge in [-0.1, -0.05) is 12.1 Å². The van der Waals surface area contributed by atoms with E-state index in [2.05, 4.69) is 0 Å². The van der Waals surface area contributed by atoms with Crippen molar-refractivity contribution in [3.8, 4) is 0 Å². The summed E-state index contributed by atoms with van der Waals surface area (Å²) in [6, 6.07) is 4.27. The maximum absolute atomic E-state index is 14.1. The maximum Gasteiger partial charge on any atom is 0.414 e. The first-order chi connectivity index (χ1) is 10.5. The second-order valence-corrected chi connectivity index (χ2v) is 8.03. The topological polar surface area (TPSA) is 63.7 Å². The van der Waals surface area contributed by atoms with E-state index in [1.54, 1.807) is 26.8 Å². The zero-order chi connectivity index (χ0) is 17.4. The van der Waals surface area contributed by atoms with Gasteiger partial charge in [-0.15, -0.1) is 3.89 Å². The molecule has 0 N–H and O–H groups in total. The number of para-hydroxylation sites is 1. The molecule has 0 aliphatic carbocycles. The van der Waals surface area contributed by atoms with Gasteiger partial charge >= 0.3 is 16.3 Å². The second kappa shape index (κ2) is 6.07. The third-order valence-corrected chi connectivity index (χ3v) is 4.21. The Bertz CT molecular complexity index is 713. The molecule has 128 valence electrons. The number of nitrogens with zero attached hydrogens (tertiary/aromatic N) is 1. The van der Waals surface area contributed by atoms with Gasteiger partial charge in [0, 0.05) is 6.54 Å². The Morgan fingerprint density at radius 2 is 2.04 bits per heavy atom. The summed E-state index contributed by atoms with van der Waals surface area (Å²) in [4.78, 5) is 13.4. The molecule has 0 fully saturated rings. The Labute approximate surface area is 134 Å². The van der Waals surface area contributed by atoms with Crippen molar-refractivity contribution in [2.75, 3.05) is 17.2 Å². The molecule has 1 aromatic carbocycles. The van der Waals surface area contributed by atoms with Crippen molar-refractivity contribution in [1.29, 1.82) is 0 Å². The predicted molar refractivity (Wildman–Crippen MR) is 82.1 cm³/mol. The highest BCUT2D eigenvalue weighted by atomic mass is 32.3. The lowest BCUT2D eigenvalue weighted by Crippen LogP contribution is -2.44. The summed E-state index contributed by atoms with van der Waals surface area (Å²) in [5.41, 5.74) is -0.272. The largest absolute Gasteiger partial charge is 0.443 e. The van der Waals surface area contributed by atoms with Crippen LogP contribution in [0.3, 0.4) is 0 Å². The Kier molecular flexibility index (Phi) is 4.66. The molecular weight excluding hydrogens is 328 g/mol. The van der Waals surface area contributed by atoms with Crippen LogP contribution in [0, 0.1) is 11.7 Å². The average Bonchev–Trinajstić information content (AvgIpc) is 2.33. The van der Waals surface area contributed by atoms with Gasteiger partial charge in [-0.05, 0) is 44.7 Å². The summed E-state index contributed by atoms with van der Waals surface area (Å²) in [7, 11) is -4.69. The maximum atomic E-state index is 14.1. The van der Waals surface area contributed by atoms with Gasteiger partial charge < -0.3 is 4.74 Å². The summed E-state index contributed by atoms with van der Waals surface area (Å²) in [5, 5.41) is 0. The van der Waals surface area contributed by atoms with Crippen LogP contribution in [0.1, 0.15) is 26.3 Å². The molecule has 8 heteroatoms. The van der Waals surface area contributed by atoms with Gasteiger partial charge in [0.05, 0.1) is 11.4 Å². The second-order valence-electron chi connectivity index (χ2n) is 6.61. The molecule has 2 rings (SSSR count). The van der Waals surface area contributed by atoms with Crippen molar-refractivity contribution in [2.24, 2.45) is 5.92 Å². The minimum absolute atomic E-state index is 0.0641. The SMILES string of the molecule is CC(C)(C)OC(=O)N1CC(CS(=O)(=O)F)Cc2cccc(F)c21. The minimum Gasteiger partial charge on any atom is -0.443 e. The summed E-state index contributed by atoms with van der Waals surface area (Å²) < 4.78 is 54.2. The molecular formula is C15H19F2NO4S. The van der Waals surface area contributed by atoms with Gasteiger partial charge in [0.2, 0.25) is 0 Å². The molecule has 0 bridgehead atoms. The van der Waals surface area contributed by atoms with Crippen molar-refractivity contribution < 1.29 is 26.2 Å². The smallest absolute Gasteiger partial charge is 0.414 e. The number of amides is 1. The molecule has 1 aliphatic heterocycles. The van der Waals surface area contributed by atoms with E-state index < -0.39 is 39.4 Å². The van der Waals surface area contributed by atoms with Gasteiger partial charge in [-0.25, -0.2) is 9.18 Å². The molecule has 1 unspecified atom stereocenters. The monoisotopic (exact) mass is 347 g/mol. The fourth-order valence-electron chi connectivity index (χ4n) is 2.63. The lowest BCUT2D eigenvalue weighted by Gasteiger charge is -2.35. The third-order valence-electron chi connectivity index (χ3n) is 3.34. The molecule has 23 heavy (non-hydrogen) atoms. The highest BCUT2D eigenvalue weighted by Gasteiger charge is 2.35. The molecule has 1 amide bonds. The Hall–Kier alpha value is -1.70. The molecule has 5 nitrogen and oxygen atoms in total. The van der Waals surface area contributed by atoms with Crippen LogP contribution in [0.4, 0.5) is 18.8 Å². The number of fused-ring (bicyclic) bond motifs is 1. The molecule has 0 radical (unpaired) electrons. The van der Waals surface area contributed by atoms with Crippen LogP contribution in [0.15, 0.2) is 18.2 Å². The number of benzene rings is 1. The van der Waals surface area contributed by atoms with E-state index in [1.807, 2.05) is 0 Å². The zero-order valence-corrected chi connectivity index (χ0v) is 14.0. The van der Waals surface area contributed by atoms with E-state index in [0.717, 1.165) is 4.90 Å². The first kappa shape index (κ1) is 17.7. The van der Waals surface area contributed by atoms with Crippen molar-refractivity contribution in [3.63, 3.8) is 0 Å². The van der Waals surface area contributed by atoms with Gasteiger partial charge in [0.1, 0.15) is 11.4 Å². The lowest BCUT2D eigenvalue weighted by molar-refractivity contribution is 0.0571. The first-order valence-electron chi connectivity index (χ1n) is 7.16. The Morgan fingerprint density at radius 1 is 1.39 bits per heavy atom. The van der Waals surface area contributed by atoms with E-state index in [-0.39, 0.29) is 18.7 Å². The molecule has 1 heterocycles. The fraction of sp³-hybridized carbons (Fsp3) is 0.533. The highest BCUT2D eigenvalue weighted by Crippen LogP contribution is 2.34. The van der Waals surface area contributed by atoms with E-state index in [4.69, 9.17) is 4.74 Å². The minimum atomic E-state index is -4.69. The lowest BCUT2D eigenvalue weighted by atomic mass is 9.94. The number of hydrogen-bond acceptors (Lipinski definition) is 4. The number of carbonyl (C=O) groups is 1. The number of ether oxygens (including phenoxy) is 1. The zero-order valence-electron chi connectivity index (χ0n) is 13.2. The molecule has 0 spiro atoms. The van der Waals surface area contributed by atoms with Crippen molar-refractivity contribution in [1.82, 2.24) is 0 Å². The van der Waals surface area contributed by atoms with Gasteiger partial charge in [-0.3, -0.25) is 4.90 Å². The van der Waals surface area contributed by atoms with Crippen LogP contribution in [0.25, 0.3) is 0 Å². The van der Waals surface area contributed by atoms with E-state index in [1.165, 1.54) is 12.1 Å². The van der Waals surface area contributed by atoms with Crippen LogP contribution in [0.2, 0.25) is 0 Å². The van der Waals surface area contributed by atoms with Crippen molar-refractivity contribution in [2.45, 2.75) is 32.8 Å². The first-order valence-corrected chi connectivity index (χ1v) is 8.72. The fourth-order valence-corrected chi connectivity index (χ4v) is 3.41. The number of carbonyl (C=O) groups excluding carboxylic acids is 1. The number of hydrogen-bond donors (Lipinski definition) is 0. The normalized spacial score (nSPS) is 18.5. The van der Waals surface area contributed by atoms with E-state index >= 15 is 0 Å². The number of halogens is 2. The summed E-state index contributed by atoms with van der Waals surface area (Å²) >= 11 is 0. The Balaban J connectivity index is 2.37. The quantitative estimate of drug-likeness (QED) is 0.772. The van der Waals surface area contributed by atoms with Gasteiger partial charge in [0.25, 0.3) is 0 Å². The molecule has 0 saturated heterocycles. The van der Waals surface area contributed by atoms with Crippen molar-refractivity contribution in [3.05, 3.63) is 29.6 Å². The van der Waals surface area contributed by atoms with Crippen LogP contribution in [0.5, 0.6) is 0 Å². The van der Waals surface area contributed by atoms with Crippen LogP contribution in [-0.2, 0) is 21.4 Å². The highest BCUT2D eigenvalue weighted by molar-refractivity contribution is 7.86. The average molecular weight is 347 g/mol. The molecule has 0 aromatic heterocycles. The molecule has 1 aromatic rings. The van der Waals surface area contributed by atoms with Gasteiger partial charge in [0.15, 0.2) is 0 Å². The standard InChI is InChI=1S/C15H19F2NO4S/c1-15(2,3)22-14(19)18-8-10(9-23(17,20)21)7-11-5-4-6-12(16)13(11)18/h4-6,10H,7-9H2,1-3H3. The van der Waals surface area contributed by atoms with Gasteiger partial charge in [-0.2, -0.15) is 8.42 Å². The number of rotatable bonds is 2. The van der Waals surface area contributed by atoms with Crippen LogP contribution < -0.4 is 4.90 Å². The summed E-state index contributed by atoms with van der Waals surface area (Å²) in [6.45, 7) is 4.88. The van der Waals surface area contributed by atoms with Crippen molar-refractivity contribution >= 4 is 22.0 Å². The van der Waals surface area contributed by atoms with E-state index in [0.29, 0.717) is 5.56 Å². The summed E-state index contributed by atoms with van der Waals surface area (Å²) in [6.07, 6.45) is -0.611. The molecule has 1 aliphatic rings. The third kappa shape index (κ3) is 4.63. The predicted octanol–water partition coefficient (Wildman–Crippen LogP) is 3.04. The summed E-state index contributed by atoms with van der Waals surface area (Å²) in [5.74, 6) is -1.98. The van der Waals surface area contributed by atoms with Crippen LogP contribution in [-0.4, -0.2) is 32.4 Å². The van der Waals surface area contributed by atoms with Crippen LogP contribution >= 0.6 is 0 Å². The number of anilines is 1. The Morgan fingerprint density at radius 3 is 2.61 bits per heavy atom. The molecule has 0 saturated carbocycles.